The third-order valence-electron chi connectivity index (χ3n) is 6.21. The molecule has 0 amide bonds. The van der Waals surface area contributed by atoms with Gasteiger partial charge in [0.2, 0.25) is 0 Å². The number of aromatic nitrogens is 2. The van der Waals surface area contributed by atoms with Gasteiger partial charge in [-0.1, -0.05) is 30.3 Å². The third-order valence-corrected chi connectivity index (χ3v) is 6.21. The Hall–Kier alpha value is -2.66. The SMILES string of the molecule is COc1ccccc1C1CC2CN(Cc3nc4ccccc4c(=O)[nH]3)CC21. The van der Waals surface area contributed by atoms with Crippen LogP contribution in [0, 0.1) is 11.8 Å². The Kier molecular flexibility index (Phi) is 3.97. The first-order valence-corrected chi connectivity index (χ1v) is 9.56. The molecule has 2 heterocycles. The molecule has 1 aliphatic heterocycles. The molecule has 3 unspecified atom stereocenters. The molecule has 27 heavy (non-hydrogen) atoms. The van der Waals surface area contributed by atoms with Crippen LogP contribution in [0.15, 0.2) is 53.3 Å². The highest BCUT2D eigenvalue weighted by Gasteiger charge is 2.48. The van der Waals surface area contributed by atoms with Crippen LogP contribution in [0.3, 0.4) is 0 Å². The van der Waals surface area contributed by atoms with Crippen molar-refractivity contribution in [3.8, 4) is 5.75 Å². The number of ether oxygens (including phenoxy) is 1. The van der Waals surface area contributed by atoms with Crippen LogP contribution < -0.4 is 10.3 Å². The lowest BCUT2D eigenvalue weighted by Gasteiger charge is -2.40. The third kappa shape index (κ3) is 2.82. The zero-order valence-electron chi connectivity index (χ0n) is 15.4. The first-order chi connectivity index (χ1) is 13.2. The average Bonchev–Trinajstić information content (AvgIpc) is 2.98. The Balaban J connectivity index is 1.33. The second kappa shape index (κ2) is 6.50. The standard InChI is InChI=1S/C22H23N3O2/c1-27-20-9-5-3-6-15(20)17-10-14-11-25(12-18(14)17)13-21-23-19-8-4-2-7-16(19)22(26)24-21/h2-9,14,17-18H,10-13H2,1H3,(H,23,24,26). The van der Waals surface area contributed by atoms with E-state index in [2.05, 4.69) is 33.1 Å². The van der Waals surface area contributed by atoms with Crippen LogP contribution in [0.4, 0.5) is 0 Å². The van der Waals surface area contributed by atoms with Gasteiger partial charge in [0.25, 0.3) is 5.56 Å². The Bertz CT molecular complexity index is 1040. The van der Waals surface area contributed by atoms with Crippen molar-refractivity contribution in [3.05, 3.63) is 70.3 Å². The van der Waals surface area contributed by atoms with E-state index in [-0.39, 0.29) is 5.56 Å². The average molecular weight is 361 g/mol. The molecule has 1 aliphatic carbocycles. The molecule has 5 nitrogen and oxygen atoms in total. The smallest absolute Gasteiger partial charge is 0.258 e. The number of rotatable bonds is 4. The molecule has 1 saturated heterocycles. The summed E-state index contributed by atoms with van der Waals surface area (Å²) in [6, 6.07) is 15.9. The van der Waals surface area contributed by atoms with Crippen molar-refractivity contribution in [3.63, 3.8) is 0 Å². The summed E-state index contributed by atoms with van der Waals surface area (Å²) in [6.45, 7) is 2.82. The molecule has 0 spiro atoms. The summed E-state index contributed by atoms with van der Waals surface area (Å²) >= 11 is 0. The van der Waals surface area contributed by atoms with Gasteiger partial charge in [-0.15, -0.1) is 0 Å². The van der Waals surface area contributed by atoms with E-state index in [1.54, 1.807) is 7.11 Å². The maximum absolute atomic E-state index is 12.3. The predicted octanol–water partition coefficient (Wildman–Crippen LogP) is 3.17. The van der Waals surface area contributed by atoms with Crippen molar-refractivity contribution in [1.29, 1.82) is 0 Å². The lowest BCUT2D eigenvalue weighted by atomic mass is 9.64. The molecular formula is C22H23N3O2. The van der Waals surface area contributed by atoms with E-state index in [1.807, 2.05) is 30.3 Å². The molecule has 1 saturated carbocycles. The minimum Gasteiger partial charge on any atom is -0.496 e. The summed E-state index contributed by atoms with van der Waals surface area (Å²) in [5.41, 5.74) is 2.05. The fourth-order valence-electron chi connectivity index (χ4n) is 4.88. The summed E-state index contributed by atoms with van der Waals surface area (Å²) in [4.78, 5) is 22.3. The van der Waals surface area contributed by atoms with E-state index < -0.39 is 0 Å². The molecule has 2 aliphatic rings. The minimum absolute atomic E-state index is 0.0512. The van der Waals surface area contributed by atoms with Gasteiger partial charge in [-0.05, 0) is 47.9 Å². The molecule has 5 heteroatoms. The number of nitrogens with zero attached hydrogens (tertiary/aromatic N) is 2. The van der Waals surface area contributed by atoms with Crippen molar-refractivity contribution in [2.75, 3.05) is 20.2 Å². The number of hydrogen-bond acceptors (Lipinski definition) is 4. The van der Waals surface area contributed by atoms with Gasteiger partial charge in [0.15, 0.2) is 0 Å². The number of aromatic amines is 1. The Morgan fingerprint density at radius 3 is 2.85 bits per heavy atom. The van der Waals surface area contributed by atoms with E-state index in [4.69, 9.17) is 4.74 Å². The summed E-state index contributed by atoms with van der Waals surface area (Å²) in [5, 5.41) is 0.652. The van der Waals surface area contributed by atoms with Gasteiger partial charge in [0.05, 0.1) is 24.6 Å². The topological polar surface area (TPSA) is 58.2 Å². The zero-order chi connectivity index (χ0) is 18.4. The largest absolute Gasteiger partial charge is 0.496 e. The number of para-hydroxylation sites is 2. The van der Waals surface area contributed by atoms with Gasteiger partial charge in [-0.2, -0.15) is 0 Å². The monoisotopic (exact) mass is 361 g/mol. The number of likely N-dealkylation sites (tertiary alicyclic amines) is 1. The lowest BCUT2D eigenvalue weighted by Crippen LogP contribution is -2.33. The minimum atomic E-state index is -0.0512. The first kappa shape index (κ1) is 16.5. The molecule has 0 radical (unpaired) electrons. The molecule has 1 aromatic heterocycles. The first-order valence-electron chi connectivity index (χ1n) is 9.56. The van der Waals surface area contributed by atoms with E-state index in [1.165, 1.54) is 12.0 Å². The van der Waals surface area contributed by atoms with E-state index in [0.29, 0.717) is 23.8 Å². The van der Waals surface area contributed by atoms with Crippen molar-refractivity contribution in [2.24, 2.45) is 11.8 Å². The van der Waals surface area contributed by atoms with E-state index >= 15 is 0 Å². The van der Waals surface area contributed by atoms with Crippen LogP contribution in [0.25, 0.3) is 10.9 Å². The second-order valence-corrected chi connectivity index (χ2v) is 7.73. The molecule has 1 N–H and O–H groups in total. The maximum atomic E-state index is 12.3. The van der Waals surface area contributed by atoms with E-state index in [0.717, 1.165) is 36.1 Å². The molecule has 5 rings (SSSR count). The van der Waals surface area contributed by atoms with Gasteiger partial charge in [-0.3, -0.25) is 9.69 Å². The van der Waals surface area contributed by atoms with Crippen molar-refractivity contribution in [2.45, 2.75) is 18.9 Å². The van der Waals surface area contributed by atoms with Gasteiger partial charge in [0, 0.05) is 13.1 Å². The van der Waals surface area contributed by atoms with Crippen molar-refractivity contribution < 1.29 is 4.74 Å². The Morgan fingerprint density at radius 1 is 1.15 bits per heavy atom. The van der Waals surface area contributed by atoms with Crippen LogP contribution in [0.1, 0.15) is 23.7 Å². The normalized spacial score (nSPS) is 24.6. The van der Waals surface area contributed by atoms with Crippen molar-refractivity contribution in [1.82, 2.24) is 14.9 Å². The van der Waals surface area contributed by atoms with Crippen LogP contribution in [-0.2, 0) is 6.54 Å². The fourth-order valence-corrected chi connectivity index (χ4v) is 4.88. The van der Waals surface area contributed by atoms with Crippen molar-refractivity contribution >= 4 is 10.9 Å². The van der Waals surface area contributed by atoms with Crippen LogP contribution >= 0.6 is 0 Å². The second-order valence-electron chi connectivity index (χ2n) is 7.73. The number of methoxy groups -OCH3 is 1. The van der Waals surface area contributed by atoms with Gasteiger partial charge < -0.3 is 9.72 Å². The number of H-pyrrole nitrogens is 1. The van der Waals surface area contributed by atoms with Gasteiger partial charge >= 0.3 is 0 Å². The molecule has 2 fully saturated rings. The Morgan fingerprint density at radius 2 is 1.96 bits per heavy atom. The molecule has 3 atom stereocenters. The summed E-state index contributed by atoms with van der Waals surface area (Å²) < 4.78 is 5.56. The quantitative estimate of drug-likeness (QED) is 0.775. The lowest BCUT2D eigenvalue weighted by molar-refractivity contribution is 0.187. The maximum Gasteiger partial charge on any atom is 0.258 e. The fraction of sp³-hybridized carbons (Fsp3) is 0.364. The highest BCUT2D eigenvalue weighted by atomic mass is 16.5. The predicted molar refractivity (Wildman–Crippen MR) is 105 cm³/mol. The summed E-state index contributed by atoms with van der Waals surface area (Å²) in [5.74, 6) is 3.72. The number of hydrogen-bond donors (Lipinski definition) is 1. The van der Waals surface area contributed by atoms with Gasteiger partial charge in [-0.25, -0.2) is 4.98 Å². The molecule has 2 aromatic carbocycles. The zero-order valence-corrected chi connectivity index (χ0v) is 15.4. The highest BCUT2D eigenvalue weighted by molar-refractivity contribution is 5.77. The molecule has 138 valence electrons. The summed E-state index contributed by atoms with van der Waals surface area (Å²) in [7, 11) is 1.75. The van der Waals surface area contributed by atoms with Crippen LogP contribution in [0.2, 0.25) is 0 Å². The number of nitrogens with one attached hydrogen (secondary N) is 1. The number of benzene rings is 2. The number of fused-ring (bicyclic) bond motifs is 2. The molecule has 3 aromatic rings. The van der Waals surface area contributed by atoms with Gasteiger partial charge in [0.1, 0.15) is 11.6 Å². The summed E-state index contributed by atoms with van der Waals surface area (Å²) in [6.07, 6.45) is 1.21. The molecular weight excluding hydrogens is 338 g/mol. The Labute approximate surface area is 158 Å². The van der Waals surface area contributed by atoms with E-state index in [9.17, 15) is 4.79 Å². The molecule has 0 bridgehead atoms. The highest BCUT2D eigenvalue weighted by Crippen LogP contribution is 2.53. The van der Waals surface area contributed by atoms with Crippen LogP contribution in [0.5, 0.6) is 5.75 Å². The van der Waals surface area contributed by atoms with Crippen LogP contribution in [-0.4, -0.2) is 35.1 Å².